The Hall–Kier alpha value is -3.61. The maximum atomic E-state index is 12.6. The highest BCUT2D eigenvalue weighted by atomic mass is 16.5. The summed E-state index contributed by atoms with van der Waals surface area (Å²) in [6, 6.07) is 15.0. The fourth-order valence-corrected chi connectivity index (χ4v) is 3.00. The summed E-state index contributed by atoms with van der Waals surface area (Å²) < 4.78 is 12.4. The molecule has 0 aliphatic heterocycles. The van der Waals surface area contributed by atoms with Gasteiger partial charge in [0.05, 0.1) is 12.9 Å². The minimum Gasteiger partial charge on any atom is -0.492 e. The number of carbonyl (C=O) groups excluding carboxylic acids is 1. The van der Waals surface area contributed by atoms with Crippen molar-refractivity contribution in [1.82, 2.24) is 14.9 Å². The number of carbonyl (C=O) groups is 1. The molecule has 142 valence electrons. The molecule has 7 heteroatoms. The van der Waals surface area contributed by atoms with Crippen molar-refractivity contribution in [2.75, 3.05) is 13.2 Å². The molecule has 0 fully saturated rings. The maximum Gasteiger partial charge on any atom is 0.297 e. The molecule has 2 heterocycles. The van der Waals surface area contributed by atoms with Gasteiger partial charge in [0.25, 0.3) is 5.56 Å². The highest BCUT2D eigenvalue weighted by Gasteiger charge is 2.14. The molecule has 0 atom stereocenters. The summed E-state index contributed by atoms with van der Waals surface area (Å²) in [5.41, 5.74) is 1.97. The van der Waals surface area contributed by atoms with E-state index >= 15 is 0 Å². The van der Waals surface area contributed by atoms with Crippen molar-refractivity contribution < 1.29 is 13.9 Å². The molecule has 2 aromatic carbocycles. The lowest BCUT2D eigenvalue weighted by atomic mass is 10.2. The number of para-hydroxylation sites is 1. The van der Waals surface area contributed by atoms with Gasteiger partial charge in [0.15, 0.2) is 0 Å². The van der Waals surface area contributed by atoms with Crippen LogP contribution in [0, 0.1) is 6.92 Å². The van der Waals surface area contributed by atoms with Crippen LogP contribution in [0.1, 0.15) is 5.56 Å². The Labute approximate surface area is 160 Å². The maximum absolute atomic E-state index is 12.6. The van der Waals surface area contributed by atoms with Gasteiger partial charge in [-0.05, 0) is 36.8 Å². The molecule has 1 amide bonds. The molecule has 28 heavy (non-hydrogen) atoms. The molecular weight excluding hydrogens is 358 g/mol. The van der Waals surface area contributed by atoms with Crippen LogP contribution in [-0.4, -0.2) is 28.6 Å². The zero-order valence-electron chi connectivity index (χ0n) is 15.3. The molecule has 7 nitrogen and oxygen atoms in total. The topological polar surface area (TPSA) is 86.4 Å². The third-order valence-corrected chi connectivity index (χ3v) is 4.35. The van der Waals surface area contributed by atoms with E-state index in [4.69, 9.17) is 9.15 Å². The number of ether oxygens (including phenoxy) is 1. The molecule has 1 N–H and O–H groups in total. The van der Waals surface area contributed by atoms with E-state index in [0.29, 0.717) is 24.3 Å². The highest BCUT2D eigenvalue weighted by molar-refractivity contribution is 6.01. The number of hydrogen-bond donors (Lipinski definition) is 1. The van der Waals surface area contributed by atoms with Gasteiger partial charge in [-0.1, -0.05) is 24.3 Å². The van der Waals surface area contributed by atoms with Crippen molar-refractivity contribution in [3.63, 3.8) is 0 Å². The largest absolute Gasteiger partial charge is 0.492 e. The van der Waals surface area contributed by atoms with Crippen LogP contribution in [0.2, 0.25) is 0 Å². The fourth-order valence-electron chi connectivity index (χ4n) is 3.00. The molecular formula is C21H19N3O4. The third kappa shape index (κ3) is 3.59. The second kappa shape index (κ2) is 7.56. The van der Waals surface area contributed by atoms with Gasteiger partial charge < -0.3 is 14.5 Å². The molecule has 0 aliphatic rings. The van der Waals surface area contributed by atoms with E-state index < -0.39 is 0 Å². The SMILES string of the molecule is Cc1cccc(OCCNC(=O)Cn2cnc3c(oc4ccccc43)c2=O)c1. The zero-order chi connectivity index (χ0) is 19.5. The Morgan fingerprint density at radius 2 is 2.07 bits per heavy atom. The summed E-state index contributed by atoms with van der Waals surface area (Å²) in [5, 5.41) is 3.51. The normalized spacial score (nSPS) is 11.0. The highest BCUT2D eigenvalue weighted by Crippen LogP contribution is 2.23. The van der Waals surface area contributed by atoms with Gasteiger partial charge in [-0.15, -0.1) is 0 Å². The first kappa shape index (κ1) is 17.8. The van der Waals surface area contributed by atoms with E-state index in [1.807, 2.05) is 49.4 Å². The van der Waals surface area contributed by atoms with Crippen molar-refractivity contribution in [2.45, 2.75) is 13.5 Å². The van der Waals surface area contributed by atoms with Crippen molar-refractivity contribution in [1.29, 1.82) is 0 Å². The van der Waals surface area contributed by atoms with Crippen molar-refractivity contribution in [3.8, 4) is 5.75 Å². The van der Waals surface area contributed by atoms with Gasteiger partial charge in [-0.2, -0.15) is 0 Å². The summed E-state index contributed by atoms with van der Waals surface area (Å²) in [6.45, 7) is 2.52. The summed E-state index contributed by atoms with van der Waals surface area (Å²) in [4.78, 5) is 29.1. The first-order valence-corrected chi connectivity index (χ1v) is 8.94. The quantitative estimate of drug-likeness (QED) is 0.522. The summed E-state index contributed by atoms with van der Waals surface area (Å²) in [6.07, 6.45) is 1.37. The standard InChI is InChI=1S/C21H19N3O4/c1-14-5-4-6-15(11-14)27-10-9-22-18(25)12-24-13-23-19-16-7-2-3-8-17(16)28-20(19)21(24)26/h2-8,11,13H,9-10,12H2,1H3,(H,22,25). The van der Waals surface area contributed by atoms with Crippen molar-refractivity contribution in [2.24, 2.45) is 0 Å². The van der Waals surface area contributed by atoms with E-state index in [1.165, 1.54) is 10.9 Å². The van der Waals surface area contributed by atoms with E-state index in [-0.39, 0.29) is 23.6 Å². The van der Waals surface area contributed by atoms with Crippen LogP contribution in [0.3, 0.4) is 0 Å². The number of aromatic nitrogens is 2. The Morgan fingerprint density at radius 3 is 2.93 bits per heavy atom. The molecule has 0 aliphatic carbocycles. The van der Waals surface area contributed by atoms with E-state index in [1.54, 1.807) is 6.07 Å². The Bertz CT molecular complexity index is 1210. The molecule has 0 radical (unpaired) electrons. The van der Waals surface area contributed by atoms with Crippen molar-refractivity contribution in [3.05, 3.63) is 70.8 Å². The molecule has 0 spiro atoms. The van der Waals surface area contributed by atoms with Gasteiger partial charge in [-0.3, -0.25) is 14.2 Å². The lowest BCUT2D eigenvalue weighted by molar-refractivity contribution is -0.121. The van der Waals surface area contributed by atoms with Gasteiger partial charge in [0.2, 0.25) is 11.5 Å². The van der Waals surface area contributed by atoms with E-state index in [2.05, 4.69) is 10.3 Å². The van der Waals surface area contributed by atoms with E-state index in [0.717, 1.165) is 16.7 Å². The Kier molecular flexibility index (Phi) is 4.80. The second-order valence-electron chi connectivity index (χ2n) is 6.47. The third-order valence-electron chi connectivity index (χ3n) is 4.35. The number of hydrogen-bond acceptors (Lipinski definition) is 5. The predicted molar refractivity (Wildman–Crippen MR) is 105 cm³/mol. The summed E-state index contributed by atoms with van der Waals surface area (Å²) >= 11 is 0. The average Bonchev–Trinajstić information content (AvgIpc) is 3.07. The first-order chi connectivity index (χ1) is 13.6. The molecule has 0 bridgehead atoms. The van der Waals surface area contributed by atoms with Crippen LogP contribution in [0.4, 0.5) is 0 Å². The molecule has 4 aromatic rings. The number of aryl methyl sites for hydroxylation is 1. The van der Waals surface area contributed by atoms with Crippen LogP contribution >= 0.6 is 0 Å². The van der Waals surface area contributed by atoms with Crippen molar-refractivity contribution >= 4 is 28.0 Å². The number of furan rings is 1. The second-order valence-corrected chi connectivity index (χ2v) is 6.47. The molecule has 0 unspecified atom stereocenters. The van der Waals surface area contributed by atoms with Gasteiger partial charge in [0.1, 0.15) is 30.0 Å². The molecule has 0 saturated heterocycles. The summed E-state index contributed by atoms with van der Waals surface area (Å²) in [5.74, 6) is 0.456. The van der Waals surface area contributed by atoms with Crippen LogP contribution < -0.4 is 15.6 Å². The summed E-state index contributed by atoms with van der Waals surface area (Å²) in [7, 11) is 0. The number of benzene rings is 2. The van der Waals surface area contributed by atoms with E-state index in [9.17, 15) is 9.59 Å². The number of fused-ring (bicyclic) bond motifs is 3. The van der Waals surface area contributed by atoms with Crippen LogP contribution in [0.25, 0.3) is 22.1 Å². The predicted octanol–water partition coefficient (Wildman–Crippen LogP) is 2.65. The number of nitrogens with one attached hydrogen (secondary N) is 1. The molecule has 4 rings (SSSR count). The van der Waals surface area contributed by atoms with Gasteiger partial charge in [0, 0.05) is 5.39 Å². The van der Waals surface area contributed by atoms with Gasteiger partial charge in [-0.25, -0.2) is 4.98 Å². The van der Waals surface area contributed by atoms with Crippen LogP contribution in [0.15, 0.2) is 64.1 Å². The van der Waals surface area contributed by atoms with Crippen LogP contribution in [0.5, 0.6) is 5.75 Å². The molecule has 2 aromatic heterocycles. The fraction of sp³-hybridized carbons (Fsp3) is 0.190. The number of rotatable bonds is 6. The van der Waals surface area contributed by atoms with Crippen LogP contribution in [-0.2, 0) is 11.3 Å². The number of amides is 1. The first-order valence-electron chi connectivity index (χ1n) is 8.94. The lowest BCUT2D eigenvalue weighted by Crippen LogP contribution is -2.34. The monoisotopic (exact) mass is 377 g/mol. The average molecular weight is 377 g/mol. The lowest BCUT2D eigenvalue weighted by Gasteiger charge is -2.09. The van der Waals surface area contributed by atoms with Gasteiger partial charge >= 0.3 is 0 Å². The Balaban J connectivity index is 1.39. The Morgan fingerprint density at radius 1 is 1.21 bits per heavy atom. The molecule has 0 saturated carbocycles. The minimum atomic E-state index is -0.382. The number of nitrogens with zero attached hydrogens (tertiary/aromatic N) is 2. The smallest absolute Gasteiger partial charge is 0.297 e. The zero-order valence-corrected chi connectivity index (χ0v) is 15.3. The minimum absolute atomic E-state index is 0.136.